The smallest absolute Gasteiger partial charge is 0.181 e. The van der Waals surface area contributed by atoms with Crippen molar-refractivity contribution < 1.29 is 4.74 Å². The van der Waals surface area contributed by atoms with Gasteiger partial charge in [-0.25, -0.2) is 9.97 Å². The first kappa shape index (κ1) is 14.9. The van der Waals surface area contributed by atoms with Gasteiger partial charge in [0.05, 0.1) is 25.1 Å². The van der Waals surface area contributed by atoms with Crippen LogP contribution in [-0.2, 0) is 11.3 Å². The van der Waals surface area contributed by atoms with E-state index in [0.29, 0.717) is 6.54 Å². The highest BCUT2D eigenvalue weighted by atomic mass is 16.5. The summed E-state index contributed by atoms with van der Waals surface area (Å²) in [6, 6.07) is 6.22. The standard InChI is InChI=1S/C17H20N6O/c1-12-15-8-13(10-20-17(15)22-21-12)9-18-16-3-2-14(11-19-16)23-4-6-24-7-5-23/h2-3,8,10-11H,4-7,9H2,1H3,(H,18,19)(H,20,21,22). The summed E-state index contributed by atoms with van der Waals surface area (Å²) in [7, 11) is 0. The Bertz CT molecular complexity index is 823. The number of nitrogens with zero attached hydrogens (tertiary/aromatic N) is 4. The predicted molar refractivity (Wildman–Crippen MR) is 93.2 cm³/mol. The van der Waals surface area contributed by atoms with E-state index < -0.39 is 0 Å². The first-order valence-corrected chi connectivity index (χ1v) is 8.12. The van der Waals surface area contributed by atoms with Crippen molar-refractivity contribution in [3.8, 4) is 0 Å². The molecule has 2 N–H and O–H groups in total. The molecule has 0 unspecified atom stereocenters. The second-order valence-electron chi connectivity index (χ2n) is 5.92. The van der Waals surface area contributed by atoms with E-state index >= 15 is 0 Å². The maximum absolute atomic E-state index is 5.38. The summed E-state index contributed by atoms with van der Waals surface area (Å²) in [5.74, 6) is 0.857. The average molecular weight is 324 g/mol. The van der Waals surface area contributed by atoms with E-state index in [1.807, 2.05) is 25.4 Å². The highest BCUT2D eigenvalue weighted by molar-refractivity contribution is 5.77. The Morgan fingerprint density at radius 1 is 1.21 bits per heavy atom. The molecule has 1 saturated heterocycles. The number of aryl methyl sites for hydroxylation is 1. The van der Waals surface area contributed by atoms with Crippen molar-refractivity contribution in [2.75, 3.05) is 36.5 Å². The Kier molecular flexibility index (Phi) is 4.00. The van der Waals surface area contributed by atoms with E-state index in [4.69, 9.17) is 4.74 Å². The van der Waals surface area contributed by atoms with E-state index in [1.165, 1.54) is 0 Å². The molecule has 0 saturated carbocycles. The molecule has 4 rings (SSSR count). The monoisotopic (exact) mass is 324 g/mol. The van der Waals surface area contributed by atoms with Gasteiger partial charge in [0.2, 0.25) is 0 Å². The van der Waals surface area contributed by atoms with Gasteiger partial charge < -0.3 is 15.0 Å². The van der Waals surface area contributed by atoms with Gasteiger partial charge in [0.15, 0.2) is 5.65 Å². The minimum absolute atomic E-state index is 0.678. The zero-order valence-electron chi connectivity index (χ0n) is 13.6. The Hall–Kier alpha value is -2.67. The highest BCUT2D eigenvalue weighted by Crippen LogP contribution is 2.18. The van der Waals surface area contributed by atoms with Gasteiger partial charge in [-0.3, -0.25) is 5.10 Å². The van der Waals surface area contributed by atoms with Crippen molar-refractivity contribution in [2.24, 2.45) is 0 Å². The topological polar surface area (TPSA) is 79.0 Å². The molecule has 124 valence electrons. The quantitative estimate of drug-likeness (QED) is 0.765. The number of nitrogens with one attached hydrogen (secondary N) is 2. The summed E-state index contributed by atoms with van der Waals surface area (Å²) in [4.78, 5) is 11.2. The Morgan fingerprint density at radius 2 is 2.08 bits per heavy atom. The van der Waals surface area contributed by atoms with Crippen LogP contribution in [0.1, 0.15) is 11.3 Å². The number of morpholine rings is 1. The molecule has 0 amide bonds. The molecule has 1 fully saturated rings. The van der Waals surface area contributed by atoms with Crippen LogP contribution in [-0.4, -0.2) is 46.5 Å². The van der Waals surface area contributed by atoms with E-state index in [-0.39, 0.29) is 0 Å². The summed E-state index contributed by atoms with van der Waals surface area (Å²) in [5.41, 5.74) is 4.03. The summed E-state index contributed by atoms with van der Waals surface area (Å²) >= 11 is 0. The van der Waals surface area contributed by atoms with Gasteiger partial charge in [0.25, 0.3) is 0 Å². The fraction of sp³-hybridized carbons (Fsp3) is 0.353. The number of pyridine rings is 2. The number of fused-ring (bicyclic) bond motifs is 1. The number of ether oxygens (including phenoxy) is 1. The lowest BCUT2D eigenvalue weighted by atomic mass is 10.2. The van der Waals surface area contributed by atoms with Crippen LogP contribution in [0.15, 0.2) is 30.6 Å². The molecule has 1 aliphatic heterocycles. The van der Waals surface area contributed by atoms with Crippen LogP contribution in [0.2, 0.25) is 0 Å². The van der Waals surface area contributed by atoms with Crippen molar-refractivity contribution in [1.29, 1.82) is 0 Å². The van der Waals surface area contributed by atoms with Crippen LogP contribution in [0.4, 0.5) is 11.5 Å². The molecule has 4 heterocycles. The lowest BCUT2D eigenvalue weighted by molar-refractivity contribution is 0.122. The molecular formula is C17H20N6O. The molecule has 0 spiro atoms. The number of rotatable bonds is 4. The van der Waals surface area contributed by atoms with Crippen molar-refractivity contribution in [1.82, 2.24) is 20.2 Å². The fourth-order valence-electron chi connectivity index (χ4n) is 2.85. The van der Waals surface area contributed by atoms with Gasteiger partial charge in [-0.15, -0.1) is 0 Å². The lowest BCUT2D eigenvalue weighted by Gasteiger charge is -2.28. The largest absolute Gasteiger partial charge is 0.378 e. The first-order valence-electron chi connectivity index (χ1n) is 8.12. The Labute approximate surface area is 140 Å². The molecule has 0 aliphatic carbocycles. The second kappa shape index (κ2) is 6.45. The van der Waals surface area contributed by atoms with E-state index in [1.54, 1.807) is 0 Å². The average Bonchev–Trinajstić information content (AvgIpc) is 3.02. The number of aromatic amines is 1. The molecule has 0 atom stereocenters. The fourth-order valence-corrected chi connectivity index (χ4v) is 2.85. The van der Waals surface area contributed by atoms with Gasteiger partial charge >= 0.3 is 0 Å². The lowest BCUT2D eigenvalue weighted by Crippen LogP contribution is -2.36. The van der Waals surface area contributed by atoms with Crippen LogP contribution < -0.4 is 10.2 Å². The minimum Gasteiger partial charge on any atom is -0.378 e. The maximum atomic E-state index is 5.38. The molecule has 0 bridgehead atoms. The number of H-pyrrole nitrogens is 1. The number of aromatic nitrogens is 4. The van der Waals surface area contributed by atoms with Gasteiger partial charge in [0.1, 0.15) is 5.82 Å². The molecule has 24 heavy (non-hydrogen) atoms. The third kappa shape index (κ3) is 3.03. The SMILES string of the molecule is Cc1[nH]nc2ncc(CNc3ccc(N4CCOCC4)cn3)cc12. The Balaban J connectivity index is 1.42. The van der Waals surface area contributed by atoms with E-state index in [2.05, 4.69) is 42.5 Å². The summed E-state index contributed by atoms with van der Waals surface area (Å²) < 4.78 is 5.38. The third-order valence-electron chi connectivity index (χ3n) is 4.25. The molecule has 0 aromatic carbocycles. The zero-order chi connectivity index (χ0) is 16.4. The van der Waals surface area contributed by atoms with Crippen molar-refractivity contribution in [3.63, 3.8) is 0 Å². The van der Waals surface area contributed by atoms with Gasteiger partial charge in [0, 0.05) is 36.9 Å². The predicted octanol–water partition coefficient (Wildman–Crippen LogP) is 2.11. The molecule has 0 radical (unpaired) electrons. The van der Waals surface area contributed by atoms with Crippen LogP contribution in [0, 0.1) is 6.92 Å². The first-order chi connectivity index (χ1) is 11.8. The van der Waals surface area contributed by atoms with Crippen molar-refractivity contribution >= 4 is 22.5 Å². The van der Waals surface area contributed by atoms with E-state index in [0.717, 1.165) is 60.1 Å². The molecule has 7 nitrogen and oxygen atoms in total. The maximum Gasteiger partial charge on any atom is 0.181 e. The third-order valence-corrected chi connectivity index (χ3v) is 4.25. The summed E-state index contributed by atoms with van der Waals surface area (Å²) in [6.07, 6.45) is 3.76. The van der Waals surface area contributed by atoms with Crippen LogP contribution >= 0.6 is 0 Å². The van der Waals surface area contributed by atoms with Crippen molar-refractivity contribution in [3.05, 3.63) is 41.9 Å². The number of anilines is 2. The minimum atomic E-state index is 0.678. The normalized spacial score (nSPS) is 15.0. The van der Waals surface area contributed by atoms with Crippen LogP contribution in [0.3, 0.4) is 0 Å². The summed E-state index contributed by atoms with van der Waals surface area (Å²) in [5, 5.41) is 11.5. The second-order valence-corrected chi connectivity index (χ2v) is 5.92. The van der Waals surface area contributed by atoms with Crippen molar-refractivity contribution in [2.45, 2.75) is 13.5 Å². The van der Waals surface area contributed by atoms with E-state index in [9.17, 15) is 0 Å². The van der Waals surface area contributed by atoms with Gasteiger partial charge in [-0.05, 0) is 30.7 Å². The van der Waals surface area contributed by atoms with Crippen LogP contribution in [0.25, 0.3) is 11.0 Å². The van der Waals surface area contributed by atoms with Gasteiger partial charge in [-0.2, -0.15) is 5.10 Å². The van der Waals surface area contributed by atoms with Crippen LogP contribution in [0.5, 0.6) is 0 Å². The summed E-state index contributed by atoms with van der Waals surface area (Å²) in [6.45, 7) is 6.08. The molecular weight excluding hydrogens is 304 g/mol. The molecule has 7 heteroatoms. The Morgan fingerprint density at radius 3 is 2.88 bits per heavy atom. The zero-order valence-corrected chi connectivity index (χ0v) is 13.6. The molecule has 3 aromatic rings. The molecule has 3 aromatic heterocycles. The highest BCUT2D eigenvalue weighted by Gasteiger charge is 2.11. The number of hydrogen-bond acceptors (Lipinski definition) is 6. The molecule has 1 aliphatic rings. The number of hydrogen-bond donors (Lipinski definition) is 2. The van der Waals surface area contributed by atoms with Gasteiger partial charge in [-0.1, -0.05) is 0 Å².